The average Bonchev–Trinajstić information content (AvgIpc) is 3.08. The minimum Gasteiger partial charge on any atom is -0.482 e. The molecule has 2 atom stereocenters. The van der Waals surface area contributed by atoms with E-state index in [9.17, 15) is 4.79 Å². The van der Waals surface area contributed by atoms with Crippen LogP contribution in [0.3, 0.4) is 0 Å². The minimum absolute atomic E-state index is 0.237. The van der Waals surface area contributed by atoms with E-state index in [-0.39, 0.29) is 12.0 Å². The number of amides is 1. The number of hydrogen-bond acceptors (Lipinski definition) is 5. The second kappa shape index (κ2) is 6.80. The summed E-state index contributed by atoms with van der Waals surface area (Å²) in [5.74, 6) is 1.00. The molecule has 26 heavy (non-hydrogen) atoms. The highest BCUT2D eigenvalue weighted by Crippen LogP contribution is 2.34. The second-order valence-corrected chi connectivity index (χ2v) is 7.19. The molecule has 132 valence electrons. The maximum atomic E-state index is 12.7. The molecule has 0 bridgehead atoms. The van der Waals surface area contributed by atoms with Gasteiger partial charge in [0, 0.05) is 16.6 Å². The molecule has 1 amide bonds. The molecule has 0 fully saturated rings. The summed E-state index contributed by atoms with van der Waals surface area (Å²) < 4.78 is 11.7. The Morgan fingerprint density at radius 2 is 1.88 bits per heavy atom. The van der Waals surface area contributed by atoms with E-state index in [0.717, 1.165) is 16.3 Å². The molecule has 4 rings (SSSR count). The number of carbonyl (C=O) groups excluding carboxylic acids is 1. The van der Waals surface area contributed by atoms with E-state index in [1.165, 1.54) is 0 Å². The van der Waals surface area contributed by atoms with Gasteiger partial charge in [-0.2, -0.15) is 0 Å². The topological polar surface area (TPSA) is 60.5 Å². The standard InChI is InChI=1S/C20H18N2O3S/c1-12-19(25-18-9-4-3-8-17(18)24-12)20(23)22-15-7-5-6-14(10-15)16-11-26-13(2)21-16/h3-12,19H,1-2H3,(H,22,23). The summed E-state index contributed by atoms with van der Waals surface area (Å²) in [6, 6.07) is 15.0. The summed E-state index contributed by atoms with van der Waals surface area (Å²) in [7, 11) is 0. The Labute approximate surface area is 155 Å². The van der Waals surface area contributed by atoms with Crippen LogP contribution in [-0.4, -0.2) is 23.1 Å². The number of ether oxygens (including phenoxy) is 2. The molecule has 1 N–H and O–H groups in total. The molecule has 3 aromatic rings. The van der Waals surface area contributed by atoms with Gasteiger partial charge in [-0.25, -0.2) is 4.98 Å². The van der Waals surface area contributed by atoms with Crippen molar-refractivity contribution in [2.24, 2.45) is 0 Å². The molecular weight excluding hydrogens is 348 g/mol. The zero-order valence-corrected chi connectivity index (χ0v) is 15.2. The number of rotatable bonds is 3. The quantitative estimate of drug-likeness (QED) is 0.751. The maximum Gasteiger partial charge on any atom is 0.269 e. The number of aromatic nitrogens is 1. The van der Waals surface area contributed by atoms with Crippen molar-refractivity contribution in [3.63, 3.8) is 0 Å². The van der Waals surface area contributed by atoms with E-state index in [4.69, 9.17) is 9.47 Å². The zero-order valence-electron chi connectivity index (χ0n) is 14.4. The highest BCUT2D eigenvalue weighted by Gasteiger charge is 2.34. The van der Waals surface area contributed by atoms with Gasteiger partial charge in [0.15, 0.2) is 11.5 Å². The van der Waals surface area contributed by atoms with E-state index < -0.39 is 6.10 Å². The van der Waals surface area contributed by atoms with Crippen LogP contribution >= 0.6 is 11.3 Å². The van der Waals surface area contributed by atoms with Gasteiger partial charge >= 0.3 is 0 Å². The van der Waals surface area contributed by atoms with Gasteiger partial charge in [0.25, 0.3) is 5.91 Å². The Morgan fingerprint density at radius 3 is 2.62 bits per heavy atom. The van der Waals surface area contributed by atoms with Crippen LogP contribution in [0, 0.1) is 6.92 Å². The van der Waals surface area contributed by atoms with E-state index >= 15 is 0 Å². The Bertz CT molecular complexity index is 953. The van der Waals surface area contributed by atoms with Gasteiger partial charge in [-0.05, 0) is 38.1 Å². The second-order valence-electron chi connectivity index (χ2n) is 6.13. The first-order valence-corrected chi connectivity index (χ1v) is 9.24. The molecule has 1 aliphatic heterocycles. The minimum atomic E-state index is -0.713. The summed E-state index contributed by atoms with van der Waals surface area (Å²) in [6.45, 7) is 3.80. The van der Waals surface area contributed by atoms with Crippen molar-refractivity contribution in [3.8, 4) is 22.8 Å². The highest BCUT2D eigenvalue weighted by atomic mass is 32.1. The lowest BCUT2D eigenvalue weighted by molar-refractivity contribution is -0.128. The first-order chi connectivity index (χ1) is 12.6. The van der Waals surface area contributed by atoms with Crippen LogP contribution < -0.4 is 14.8 Å². The molecule has 2 unspecified atom stereocenters. The maximum absolute atomic E-state index is 12.7. The average molecular weight is 366 g/mol. The molecule has 2 aromatic carbocycles. The number of anilines is 1. The number of hydrogen-bond donors (Lipinski definition) is 1. The third-order valence-electron chi connectivity index (χ3n) is 4.15. The van der Waals surface area contributed by atoms with Crippen molar-refractivity contribution in [2.45, 2.75) is 26.1 Å². The molecule has 1 aromatic heterocycles. The molecule has 2 heterocycles. The van der Waals surface area contributed by atoms with Crippen molar-refractivity contribution < 1.29 is 14.3 Å². The number of fused-ring (bicyclic) bond motifs is 1. The molecule has 0 aliphatic carbocycles. The van der Waals surface area contributed by atoms with Crippen molar-refractivity contribution in [1.29, 1.82) is 0 Å². The summed E-state index contributed by atoms with van der Waals surface area (Å²) in [5, 5.41) is 5.94. The van der Waals surface area contributed by atoms with Crippen LogP contribution in [0.5, 0.6) is 11.5 Å². The molecule has 0 spiro atoms. The van der Waals surface area contributed by atoms with Crippen LogP contribution in [0.15, 0.2) is 53.9 Å². The van der Waals surface area contributed by atoms with Crippen LogP contribution in [0.1, 0.15) is 11.9 Å². The molecule has 6 heteroatoms. The fourth-order valence-electron chi connectivity index (χ4n) is 2.87. The summed E-state index contributed by atoms with van der Waals surface area (Å²) in [4.78, 5) is 17.2. The summed E-state index contributed by atoms with van der Waals surface area (Å²) in [6.07, 6.45) is -1.09. The molecule has 0 saturated heterocycles. The molecule has 0 radical (unpaired) electrons. The number of thiazole rings is 1. The fourth-order valence-corrected chi connectivity index (χ4v) is 3.49. The fraction of sp³-hybridized carbons (Fsp3) is 0.200. The van der Waals surface area contributed by atoms with Gasteiger partial charge in [0.1, 0.15) is 6.10 Å². The number of benzene rings is 2. The van der Waals surface area contributed by atoms with Gasteiger partial charge in [-0.3, -0.25) is 4.79 Å². The van der Waals surface area contributed by atoms with Crippen molar-refractivity contribution in [3.05, 3.63) is 58.9 Å². The van der Waals surface area contributed by atoms with Crippen molar-refractivity contribution in [2.75, 3.05) is 5.32 Å². The Balaban J connectivity index is 1.52. The van der Waals surface area contributed by atoms with Crippen molar-refractivity contribution in [1.82, 2.24) is 4.98 Å². The first-order valence-electron chi connectivity index (χ1n) is 8.36. The summed E-state index contributed by atoms with van der Waals surface area (Å²) >= 11 is 1.60. The van der Waals surface area contributed by atoms with Crippen LogP contribution in [0.4, 0.5) is 5.69 Å². The van der Waals surface area contributed by atoms with E-state index in [1.807, 2.05) is 61.7 Å². The van der Waals surface area contributed by atoms with E-state index in [0.29, 0.717) is 17.2 Å². The highest BCUT2D eigenvalue weighted by molar-refractivity contribution is 7.09. The van der Waals surface area contributed by atoms with Gasteiger partial charge in [-0.15, -0.1) is 11.3 Å². The Kier molecular flexibility index (Phi) is 4.34. The normalized spacial score (nSPS) is 18.4. The molecule has 1 aliphatic rings. The SMILES string of the molecule is Cc1nc(-c2cccc(NC(=O)C3Oc4ccccc4OC3C)c2)cs1. The Morgan fingerprint density at radius 1 is 1.12 bits per heavy atom. The lowest BCUT2D eigenvalue weighted by atomic mass is 10.1. The third-order valence-corrected chi connectivity index (χ3v) is 4.92. The number of carbonyl (C=O) groups is 1. The predicted molar refractivity (Wildman–Crippen MR) is 102 cm³/mol. The van der Waals surface area contributed by atoms with Crippen LogP contribution in [-0.2, 0) is 4.79 Å². The lowest BCUT2D eigenvalue weighted by Gasteiger charge is -2.31. The summed E-state index contributed by atoms with van der Waals surface area (Å²) in [5.41, 5.74) is 2.57. The predicted octanol–water partition coefficient (Wildman–Crippen LogP) is 4.29. The van der Waals surface area contributed by atoms with Crippen LogP contribution in [0.2, 0.25) is 0 Å². The van der Waals surface area contributed by atoms with Gasteiger partial charge in [0.2, 0.25) is 6.10 Å². The number of para-hydroxylation sites is 2. The Hall–Kier alpha value is -2.86. The number of aryl methyl sites for hydroxylation is 1. The van der Waals surface area contributed by atoms with Gasteiger partial charge in [0.05, 0.1) is 10.7 Å². The number of nitrogens with zero attached hydrogens (tertiary/aromatic N) is 1. The largest absolute Gasteiger partial charge is 0.482 e. The zero-order chi connectivity index (χ0) is 18.1. The van der Waals surface area contributed by atoms with Crippen LogP contribution in [0.25, 0.3) is 11.3 Å². The first kappa shape index (κ1) is 16.6. The molecule has 0 saturated carbocycles. The van der Waals surface area contributed by atoms with Gasteiger partial charge < -0.3 is 14.8 Å². The van der Waals surface area contributed by atoms with E-state index in [1.54, 1.807) is 17.4 Å². The smallest absolute Gasteiger partial charge is 0.269 e. The van der Waals surface area contributed by atoms with E-state index in [2.05, 4.69) is 10.3 Å². The van der Waals surface area contributed by atoms with Gasteiger partial charge in [-0.1, -0.05) is 24.3 Å². The van der Waals surface area contributed by atoms with Crippen molar-refractivity contribution >= 4 is 22.9 Å². The molecular formula is C20H18N2O3S. The lowest BCUT2D eigenvalue weighted by Crippen LogP contribution is -2.46. The number of nitrogens with one attached hydrogen (secondary N) is 1. The monoisotopic (exact) mass is 366 g/mol. The molecule has 5 nitrogen and oxygen atoms in total. The third kappa shape index (κ3) is 3.28.